The molecule has 0 spiro atoms. The lowest BCUT2D eigenvalue weighted by atomic mass is 10.2. The molecule has 176 valence electrons. The van der Waals surface area contributed by atoms with Crippen LogP contribution in [0.1, 0.15) is 25.3 Å². The first kappa shape index (κ1) is 23.1. The van der Waals surface area contributed by atoms with Crippen LogP contribution in [-0.4, -0.2) is 65.9 Å². The van der Waals surface area contributed by atoms with Crippen molar-refractivity contribution in [1.29, 1.82) is 0 Å². The molecular formula is C22H27N5O5S. The lowest BCUT2D eigenvalue weighted by Crippen LogP contribution is -2.37. The molecule has 10 nitrogen and oxygen atoms in total. The summed E-state index contributed by atoms with van der Waals surface area (Å²) in [5.41, 5.74) is 1.40. The van der Waals surface area contributed by atoms with Gasteiger partial charge in [-0.2, -0.15) is 8.99 Å². The molecule has 2 heterocycles. The Bertz CT molecular complexity index is 1150. The molecule has 1 aliphatic heterocycles. The summed E-state index contributed by atoms with van der Waals surface area (Å²) in [7, 11) is -2.37. The Hall–Kier alpha value is -3.02. The van der Waals surface area contributed by atoms with Crippen molar-refractivity contribution < 1.29 is 22.6 Å². The van der Waals surface area contributed by atoms with Crippen LogP contribution in [0.15, 0.2) is 53.7 Å². The van der Waals surface area contributed by atoms with Gasteiger partial charge < -0.3 is 14.2 Å². The Morgan fingerprint density at radius 3 is 2.67 bits per heavy atom. The number of ether oxygens (including phenoxy) is 3. The van der Waals surface area contributed by atoms with Crippen molar-refractivity contribution in [3.63, 3.8) is 0 Å². The monoisotopic (exact) mass is 473 g/mol. The molecule has 1 fully saturated rings. The van der Waals surface area contributed by atoms with Gasteiger partial charge in [0.2, 0.25) is 10.0 Å². The lowest BCUT2D eigenvalue weighted by molar-refractivity contribution is 0.0926. The van der Waals surface area contributed by atoms with Crippen LogP contribution >= 0.6 is 0 Å². The van der Waals surface area contributed by atoms with Gasteiger partial charge in [0.1, 0.15) is 23.5 Å². The van der Waals surface area contributed by atoms with Gasteiger partial charge in [0.25, 0.3) is 0 Å². The van der Waals surface area contributed by atoms with E-state index in [4.69, 9.17) is 14.2 Å². The lowest BCUT2D eigenvalue weighted by Gasteiger charge is -2.25. The number of benzene rings is 2. The summed E-state index contributed by atoms with van der Waals surface area (Å²) in [6.45, 7) is 3.62. The van der Waals surface area contributed by atoms with Crippen molar-refractivity contribution in [2.45, 2.75) is 37.3 Å². The van der Waals surface area contributed by atoms with Gasteiger partial charge in [-0.1, -0.05) is 12.1 Å². The second kappa shape index (κ2) is 10.3. The molecule has 11 heteroatoms. The molecule has 1 saturated heterocycles. The minimum atomic E-state index is -3.84. The van der Waals surface area contributed by atoms with E-state index in [0.717, 1.165) is 24.2 Å². The van der Waals surface area contributed by atoms with E-state index in [2.05, 4.69) is 15.5 Å². The van der Waals surface area contributed by atoms with Crippen molar-refractivity contribution in [2.75, 3.05) is 26.9 Å². The van der Waals surface area contributed by atoms with Crippen molar-refractivity contribution in [2.24, 2.45) is 0 Å². The molecule has 1 atom stereocenters. The smallest absolute Gasteiger partial charge is 0.243 e. The maximum Gasteiger partial charge on any atom is 0.243 e. The van der Waals surface area contributed by atoms with Crippen molar-refractivity contribution in [3.05, 3.63) is 54.4 Å². The van der Waals surface area contributed by atoms with E-state index in [9.17, 15) is 8.42 Å². The topological polar surface area (TPSA) is 109 Å². The Morgan fingerprint density at radius 1 is 1.21 bits per heavy atom. The van der Waals surface area contributed by atoms with Gasteiger partial charge >= 0.3 is 0 Å². The van der Waals surface area contributed by atoms with Crippen LogP contribution < -0.4 is 9.47 Å². The Labute approximate surface area is 193 Å². The molecule has 0 radical (unpaired) electrons. The zero-order valence-electron chi connectivity index (χ0n) is 18.6. The zero-order chi connectivity index (χ0) is 23.3. The normalized spacial score (nSPS) is 16.3. The third-order valence-corrected chi connectivity index (χ3v) is 7.22. The van der Waals surface area contributed by atoms with E-state index in [1.54, 1.807) is 6.07 Å². The van der Waals surface area contributed by atoms with Crippen LogP contribution in [0.3, 0.4) is 0 Å². The first-order valence-electron chi connectivity index (χ1n) is 10.8. The van der Waals surface area contributed by atoms with Gasteiger partial charge in [0, 0.05) is 25.8 Å². The standard InChI is InChI=1S/C22H27N5O5S/c1-3-31-18-8-6-17(7-9-18)14-26(15-19-5-4-12-32-19)33(28,29)20-10-11-21(22(13-20)30-2)27-16-23-24-25-27/h6-11,13,16,19H,3-5,12,14-15H2,1-2H3/t19-/m1/s1. The molecule has 4 rings (SSSR count). The number of aromatic nitrogens is 4. The van der Waals surface area contributed by atoms with Gasteiger partial charge in [-0.05, 0) is 60.0 Å². The third kappa shape index (κ3) is 5.32. The highest BCUT2D eigenvalue weighted by Gasteiger charge is 2.30. The Balaban J connectivity index is 1.64. The summed E-state index contributed by atoms with van der Waals surface area (Å²) in [6, 6.07) is 12.1. The Morgan fingerprint density at radius 2 is 2.03 bits per heavy atom. The number of nitrogens with zero attached hydrogens (tertiary/aromatic N) is 5. The largest absolute Gasteiger partial charge is 0.494 e. The average Bonchev–Trinajstić information content (AvgIpc) is 3.54. The van der Waals surface area contributed by atoms with E-state index in [0.29, 0.717) is 24.7 Å². The fraction of sp³-hybridized carbons (Fsp3) is 0.409. The predicted molar refractivity (Wildman–Crippen MR) is 120 cm³/mol. The summed E-state index contributed by atoms with van der Waals surface area (Å²) in [6.07, 6.45) is 3.04. The van der Waals surface area contributed by atoms with Crippen molar-refractivity contribution in [3.8, 4) is 17.2 Å². The summed E-state index contributed by atoms with van der Waals surface area (Å²) >= 11 is 0. The second-order valence-corrected chi connectivity index (χ2v) is 9.54. The van der Waals surface area contributed by atoms with Crippen LogP contribution in [0, 0.1) is 0 Å². The maximum atomic E-state index is 13.7. The van der Waals surface area contributed by atoms with E-state index in [1.165, 1.54) is 34.6 Å². The molecule has 0 saturated carbocycles. The number of rotatable bonds is 10. The van der Waals surface area contributed by atoms with Gasteiger partial charge in [0.05, 0.1) is 24.7 Å². The average molecular weight is 474 g/mol. The van der Waals surface area contributed by atoms with Gasteiger partial charge in [-0.3, -0.25) is 0 Å². The highest BCUT2D eigenvalue weighted by Crippen LogP contribution is 2.29. The van der Waals surface area contributed by atoms with E-state index in [1.807, 2.05) is 31.2 Å². The molecular weight excluding hydrogens is 446 g/mol. The fourth-order valence-electron chi connectivity index (χ4n) is 3.75. The first-order valence-corrected chi connectivity index (χ1v) is 12.2. The number of sulfonamides is 1. The molecule has 3 aromatic rings. The number of methoxy groups -OCH3 is 1. The fourth-order valence-corrected chi connectivity index (χ4v) is 5.23. The number of hydrogen-bond donors (Lipinski definition) is 0. The third-order valence-electron chi connectivity index (χ3n) is 5.41. The quantitative estimate of drug-likeness (QED) is 0.442. The molecule has 33 heavy (non-hydrogen) atoms. The molecule has 0 amide bonds. The van der Waals surface area contributed by atoms with Crippen molar-refractivity contribution in [1.82, 2.24) is 24.5 Å². The van der Waals surface area contributed by atoms with Crippen molar-refractivity contribution >= 4 is 10.0 Å². The maximum absolute atomic E-state index is 13.7. The predicted octanol–water partition coefficient (Wildman–Crippen LogP) is 2.44. The van der Waals surface area contributed by atoms with Gasteiger partial charge in [-0.25, -0.2) is 8.42 Å². The summed E-state index contributed by atoms with van der Waals surface area (Å²) in [5.74, 6) is 1.10. The minimum absolute atomic E-state index is 0.125. The highest BCUT2D eigenvalue weighted by atomic mass is 32.2. The minimum Gasteiger partial charge on any atom is -0.494 e. The van der Waals surface area contributed by atoms with Crippen LogP contribution in [-0.2, 0) is 21.3 Å². The van der Waals surface area contributed by atoms with Gasteiger partial charge in [0.15, 0.2) is 0 Å². The first-order chi connectivity index (χ1) is 16.0. The van der Waals surface area contributed by atoms with Crippen LogP contribution in [0.2, 0.25) is 0 Å². The summed E-state index contributed by atoms with van der Waals surface area (Å²) in [5, 5.41) is 11.1. The highest BCUT2D eigenvalue weighted by molar-refractivity contribution is 7.89. The SMILES string of the molecule is CCOc1ccc(CN(C[C@H]2CCCO2)S(=O)(=O)c2ccc(-n3cnnn3)c(OC)c2)cc1. The summed E-state index contributed by atoms with van der Waals surface area (Å²) < 4.78 is 47.0. The number of tetrazole rings is 1. The van der Waals surface area contributed by atoms with Gasteiger partial charge in [-0.15, -0.1) is 5.10 Å². The van der Waals surface area contributed by atoms with Crippen LogP contribution in [0.4, 0.5) is 0 Å². The molecule has 0 N–H and O–H groups in total. The molecule has 2 aromatic carbocycles. The molecule has 0 aliphatic carbocycles. The van der Waals surface area contributed by atoms with E-state index < -0.39 is 10.0 Å². The zero-order valence-corrected chi connectivity index (χ0v) is 19.4. The molecule has 1 aliphatic rings. The second-order valence-electron chi connectivity index (χ2n) is 7.60. The van der Waals surface area contributed by atoms with Crippen LogP contribution in [0.25, 0.3) is 5.69 Å². The van der Waals surface area contributed by atoms with E-state index >= 15 is 0 Å². The molecule has 1 aromatic heterocycles. The Kier molecular flexibility index (Phi) is 7.21. The molecule has 0 unspecified atom stereocenters. The number of hydrogen-bond acceptors (Lipinski definition) is 8. The molecule has 0 bridgehead atoms. The van der Waals surface area contributed by atoms with E-state index in [-0.39, 0.29) is 24.1 Å². The van der Waals surface area contributed by atoms with Crippen LogP contribution in [0.5, 0.6) is 11.5 Å². The summed E-state index contributed by atoms with van der Waals surface area (Å²) in [4.78, 5) is 0.125.